The number of benzene rings is 1. The minimum Gasteiger partial charge on any atom is -0.507 e. The van der Waals surface area contributed by atoms with Crippen LogP contribution < -0.4 is 0 Å². The first-order chi connectivity index (χ1) is 17.5. The molecule has 0 radical (unpaired) electrons. The molecule has 7 nitrogen and oxygen atoms in total. The first kappa shape index (κ1) is 23.1. The number of likely N-dealkylation sites (tertiary alicyclic amines) is 1. The Morgan fingerprint density at radius 3 is 2.64 bits per heavy atom. The molecule has 2 unspecified atom stereocenters. The van der Waals surface area contributed by atoms with Crippen molar-refractivity contribution in [1.29, 1.82) is 0 Å². The standard InChI is InChI=1S/C28H30FN5O2/c1-17-13-34-14-20(11-23(29)28(34)30-17)19-6-7-22(26(35)12-19)25-9-8-24(31-32-25)21-15-33(16-21)18(2)27-5-3-4-10-36-27/h6-9,11-14,18,21,27,35H,3-5,10,15-16H2,1-2H3. The molecule has 186 valence electrons. The van der Waals surface area contributed by atoms with E-state index in [1.54, 1.807) is 22.7 Å². The fourth-order valence-electron chi connectivity index (χ4n) is 5.38. The van der Waals surface area contributed by atoms with E-state index in [1.165, 1.54) is 18.9 Å². The monoisotopic (exact) mass is 487 g/mol. The van der Waals surface area contributed by atoms with Crippen molar-refractivity contribution in [2.24, 2.45) is 0 Å². The average Bonchev–Trinajstić information content (AvgIpc) is 3.25. The zero-order valence-corrected chi connectivity index (χ0v) is 20.6. The Kier molecular flexibility index (Phi) is 5.93. The number of phenolic OH excluding ortho intramolecular Hbond substituents is 1. The van der Waals surface area contributed by atoms with Gasteiger partial charge < -0.3 is 14.2 Å². The molecule has 0 bridgehead atoms. The number of rotatable bonds is 5. The Bertz CT molecular complexity index is 1390. The predicted molar refractivity (Wildman–Crippen MR) is 135 cm³/mol. The number of phenols is 1. The van der Waals surface area contributed by atoms with Crippen LogP contribution in [0.25, 0.3) is 28.0 Å². The summed E-state index contributed by atoms with van der Waals surface area (Å²) >= 11 is 0. The Morgan fingerprint density at radius 1 is 1.06 bits per heavy atom. The third-order valence-electron chi connectivity index (χ3n) is 7.58. The van der Waals surface area contributed by atoms with E-state index in [0.29, 0.717) is 46.1 Å². The quantitative estimate of drug-likeness (QED) is 0.429. The van der Waals surface area contributed by atoms with Crippen LogP contribution in [0.4, 0.5) is 4.39 Å². The number of aryl methyl sites for hydroxylation is 1. The molecule has 3 aromatic heterocycles. The number of hydrogen-bond donors (Lipinski definition) is 1. The SMILES string of the molecule is Cc1cn2cc(-c3ccc(-c4ccc(C5CN(C(C)C6CCCCO6)C5)nn4)c(O)c3)cc(F)c2n1. The van der Waals surface area contributed by atoms with Crippen LogP contribution in [0.5, 0.6) is 5.75 Å². The van der Waals surface area contributed by atoms with Crippen molar-refractivity contribution in [3.05, 3.63) is 66.0 Å². The number of nitrogens with zero attached hydrogens (tertiary/aromatic N) is 5. The number of hydrogen-bond acceptors (Lipinski definition) is 6. The van der Waals surface area contributed by atoms with Crippen LogP contribution in [-0.2, 0) is 4.74 Å². The van der Waals surface area contributed by atoms with Crippen LogP contribution in [0.1, 0.15) is 43.5 Å². The van der Waals surface area contributed by atoms with Crippen molar-refractivity contribution in [3.63, 3.8) is 0 Å². The number of aromatic hydroxyl groups is 1. The first-order valence-corrected chi connectivity index (χ1v) is 12.6. The molecule has 5 heterocycles. The molecule has 1 N–H and O–H groups in total. The fourth-order valence-corrected chi connectivity index (χ4v) is 5.38. The second-order valence-electron chi connectivity index (χ2n) is 10.1. The molecule has 8 heteroatoms. The summed E-state index contributed by atoms with van der Waals surface area (Å²) < 4.78 is 22.1. The second kappa shape index (κ2) is 9.26. The van der Waals surface area contributed by atoms with Crippen molar-refractivity contribution in [2.75, 3.05) is 19.7 Å². The maximum Gasteiger partial charge on any atom is 0.173 e. The summed E-state index contributed by atoms with van der Waals surface area (Å²) in [6.07, 6.45) is 7.49. The molecule has 0 amide bonds. The van der Waals surface area contributed by atoms with Crippen LogP contribution >= 0.6 is 0 Å². The highest BCUT2D eigenvalue weighted by atomic mass is 19.1. The van der Waals surface area contributed by atoms with E-state index in [-0.39, 0.29) is 5.75 Å². The fraction of sp³-hybridized carbons (Fsp3) is 0.393. The summed E-state index contributed by atoms with van der Waals surface area (Å²) in [7, 11) is 0. The lowest BCUT2D eigenvalue weighted by atomic mass is 9.91. The van der Waals surface area contributed by atoms with Gasteiger partial charge in [-0.15, -0.1) is 0 Å². The highest BCUT2D eigenvalue weighted by Crippen LogP contribution is 2.35. The topological polar surface area (TPSA) is 75.8 Å². The van der Waals surface area contributed by atoms with Gasteiger partial charge in [0.25, 0.3) is 0 Å². The zero-order chi connectivity index (χ0) is 24.8. The van der Waals surface area contributed by atoms with Gasteiger partial charge in [0.15, 0.2) is 11.5 Å². The molecule has 2 aliphatic rings. The highest BCUT2D eigenvalue weighted by molar-refractivity contribution is 5.74. The normalized spacial score (nSPS) is 19.9. The number of aromatic nitrogens is 4. The molecular formula is C28H30FN5O2. The third-order valence-corrected chi connectivity index (χ3v) is 7.58. The van der Waals surface area contributed by atoms with Crippen molar-refractivity contribution in [3.8, 4) is 28.1 Å². The summed E-state index contributed by atoms with van der Waals surface area (Å²) in [5.74, 6) is 0.0408. The highest BCUT2D eigenvalue weighted by Gasteiger charge is 2.36. The van der Waals surface area contributed by atoms with E-state index in [0.717, 1.165) is 37.5 Å². The van der Waals surface area contributed by atoms with Crippen LogP contribution in [-0.4, -0.2) is 61.4 Å². The van der Waals surface area contributed by atoms with Gasteiger partial charge in [-0.25, -0.2) is 9.37 Å². The van der Waals surface area contributed by atoms with Gasteiger partial charge >= 0.3 is 0 Å². The van der Waals surface area contributed by atoms with Crippen LogP contribution in [0.3, 0.4) is 0 Å². The smallest absolute Gasteiger partial charge is 0.173 e. The lowest BCUT2D eigenvalue weighted by molar-refractivity contribution is -0.0562. The molecule has 1 aromatic carbocycles. The maximum absolute atomic E-state index is 14.5. The van der Waals surface area contributed by atoms with Gasteiger partial charge in [-0.1, -0.05) is 6.07 Å². The minimum absolute atomic E-state index is 0.0768. The molecule has 0 spiro atoms. The number of imidazole rings is 1. The number of halogens is 1. The lowest BCUT2D eigenvalue weighted by Gasteiger charge is -2.45. The van der Waals surface area contributed by atoms with Gasteiger partial charge in [-0.3, -0.25) is 4.90 Å². The van der Waals surface area contributed by atoms with Gasteiger partial charge in [0.2, 0.25) is 0 Å². The summed E-state index contributed by atoms with van der Waals surface area (Å²) in [5, 5.41) is 19.6. The van der Waals surface area contributed by atoms with Gasteiger partial charge in [-0.2, -0.15) is 10.2 Å². The molecule has 0 saturated carbocycles. The Labute approximate surface area is 209 Å². The van der Waals surface area contributed by atoms with E-state index < -0.39 is 5.82 Å². The van der Waals surface area contributed by atoms with Crippen molar-refractivity contribution in [2.45, 2.75) is 51.2 Å². The van der Waals surface area contributed by atoms with Gasteiger partial charge in [0.05, 0.1) is 23.2 Å². The van der Waals surface area contributed by atoms with Crippen LogP contribution in [0.15, 0.2) is 48.8 Å². The largest absolute Gasteiger partial charge is 0.507 e. The summed E-state index contributed by atoms with van der Waals surface area (Å²) in [5.41, 5.74) is 4.57. The van der Waals surface area contributed by atoms with E-state index >= 15 is 0 Å². The van der Waals surface area contributed by atoms with Crippen LogP contribution in [0.2, 0.25) is 0 Å². The summed E-state index contributed by atoms with van der Waals surface area (Å²) in [6.45, 7) is 6.89. The molecule has 4 aromatic rings. The van der Waals surface area contributed by atoms with E-state index in [9.17, 15) is 9.50 Å². The summed E-state index contributed by atoms with van der Waals surface area (Å²) in [6, 6.07) is 11.1. The second-order valence-corrected chi connectivity index (χ2v) is 10.1. The Hall–Kier alpha value is -3.36. The number of ether oxygens (including phenoxy) is 1. The molecule has 2 saturated heterocycles. The Morgan fingerprint density at radius 2 is 1.92 bits per heavy atom. The van der Waals surface area contributed by atoms with Crippen molar-refractivity contribution < 1.29 is 14.2 Å². The average molecular weight is 488 g/mol. The summed E-state index contributed by atoms with van der Waals surface area (Å²) in [4.78, 5) is 6.66. The molecule has 6 rings (SSSR count). The molecule has 2 fully saturated rings. The van der Waals surface area contributed by atoms with E-state index in [1.807, 2.05) is 31.3 Å². The molecular weight excluding hydrogens is 457 g/mol. The predicted octanol–water partition coefficient (Wildman–Crippen LogP) is 4.97. The van der Waals surface area contributed by atoms with Crippen LogP contribution in [0, 0.1) is 12.7 Å². The molecule has 0 aliphatic carbocycles. The van der Waals surface area contributed by atoms with Crippen molar-refractivity contribution >= 4 is 5.65 Å². The Balaban J connectivity index is 1.15. The first-order valence-electron chi connectivity index (χ1n) is 12.6. The number of fused-ring (bicyclic) bond motifs is 1. The van der Waals surface area contributed by atoms with Gasteiger partial charge in [-0.05, 0) is 69.0 Å². The third kappa shape index (κ3) is 4.24. The number of pyridine rings is 1. The maximum atomic E-state index is 14.5. The lowest BCUT2D eigenvalue weighted by Crippen LogP contribution is -2.54. The zero-order valence-electron chi connectivity index (χ0n) is 20.6. The molecule has 2 atom stereocenters. The van der Waals surface area contributed by atoms with Gasteiger partial charge in [0.1, 0.15) is 5.75 Å². The van der Waals surface area contributed by atoms with Gasteiger partial charge in [0, 0.05) is 55.2 Å². The van der Waals surface area contributed by atoms with E-state index in [2.05, 4.69) is 27.0 Å². The molecule has 36 heavy (non-hydrogen) atoms. The van der Waals surface area contributed by atoms with E-state index in [4.69, 9.17) is 4.74 Å². The molecule has 2 aliphatic heterocycles. The minimum atomic E-state index is -0.402. The van der Waals surface area contributed by atoms with Crippen molar-refractivity contribution in [1.82, 2.24) is 24.5 Å².